The van der Waals surface area contributed by atoms with Crippen LogP contribution in [0.5, 0.6) is 11.9 Å². The topological polar surface area (TPSA) is 106 Å². The summed E-state index contributed by atoms with van der Waals surface area (Å²) in [6.07, 6.45) is 3.15. The van der Waals surface area contributed by atoms with E-state index in [0.29, 0.717) is 42.7 Å². The van der Waals surface area contributed by atoms with Gasteiger partial charge in [0, 0.05) is 36.7 Å². The fraction of sp³-hybridized carbons (Fsp3) is 0.188. The van der Waals surface area contributed by atoms with Gasteiger partial charge in [0.05, 0.1) is 17.9 Å². The molecule has 0 fully saturated rings. The Balaban J connectivity index is 1.36. The molecule has 0 saturated heterocycles. The maximum atomic E-state index is 9.31. The highest BCUT2D eigenvalue weighted by Gasteiger charge is 2.15. The fourth-order valence-corrected chi connectivity index (χ4v) is 4.22. The Morgan fingerprint density at radius 2 is 1.49 bits per heavy atom. The van der Waals surface area contributed by atoms with Crippen molar-refractivity contribution >= 4 is 17.2 Å². The second kappa shape index (κ2) is 13.9. The Morgan fingerprint density at radius 1 is 0.805 bits per heavy atom. The van der Waals surface area contributed by atoms with E-state index >= 15 is 0 Å². The summed E-state index contributed by atoms with van der Waals surface area (Å²) < 4.78 is 12.0. The molecule has 41 heavy (non-hydrogen) atoms. The summed E-state index contributed by atoms with van der Waals surface area (Å²) in [6.45, 7) is 4.25. The Labute approximate surface area is 239 Å². The normalized spacial score (nSPS) is 10.7. The second-order valence-electron chi connectivity index (χ2n) is 9.18. The van der Waals surface area contributed by atoms with E-state index in [1.807, 2.05) is 91.0 Å². The molecule has 0 spiro atoms. The third kappa shape index (κ3) is 7.55. The van der Waals surface area contributed by atoms with Crippen LogP contribution in [0, 0.1) is 0 Å². The molecule has 0 amide bonds. The van der Waals surface area contributed by atoms with Crippen LogP contribution in [0.1, 0.15) is 18.1 Å². The average Bonchev–Trinajstić information content (AvgIpc) is 3.03. The van der Waals surface area contributed by atoms with Crippen LogP contribution >= 0.6 is 0 Å². The number of nitrogens with zero attached hydrogens (tertiary/aromatic N) is 5. The van der Waals surface area contributed by atoms with E-state index < -0.39 is 0 Å². The first-order valence-corrected chi connectivity index (χ1v) is 13.5. The third-order valence-electron chi connectivity index (χ3n) is 6.36. The van der Waals surface area contributed by atoms with E-state index in [4.69, 9.17) is 9.47 Å². The first-order chi connectivity index (χ1) is 20.2. The number of nitrogens with one attached hydrogen (secondary N) is 1. The number of hydrogen-bond acceptors (Lipinski definition) is 9. The van der Waals surface area contributed by atoms with Crippen molar-refractivity contribution < 1.29 is 14.6 Å². The van der Waals surface area contributed by atoms with Gasteiger partial charge in [-0.3, -0.25) is 0 Å². The highest BCUT2D eigenvalue weighted by Crippen LogP contribution is 2.30. The van der Waals surface area contributed by atoms with Crippen LogP contribution in [0.4, 0.5) is 17.2 Å². The number of aromatic nitrogens is 4. The molecule has 5 rings (SSSR count). The number of ether oxygens (including phenoxy) is 2. The number of benzene rings is 3. The van der Waals surface area contributed by atoms with Crippen LogP contribution in [-0.4, -0.2) is 44.7 Å². The van der Waals surface area contributed by atoms with Crippen molar-refractivity contribution in [3.8, 4) is 23.1 Å². The van der Waals surface area contributed by atoms with Gasteiger partial charge in [-0.15, -0.1) is 0 Å². The lowest BCUT2D eigenvalue weighted by atomic mass is 10.2. The molecular weight excluding hydrogens is 516 g/mol. The summed E-state index contributed by atoms with van der Waals surface area (Å²) in [5, 5.41) is 12.6. The molecule has 0 bridgehead atoms. The molecule has 0 radical (unpaired) electrons. The quantitative estimate of drug-likeness (QED) is 0.193. The van der Waals surface area contributed by atoms with Crippen LogP contribution in [0.3, 0.4) is 0 Å². The van der Waals surface area contributed by atoms with Crippen molar-refractivity contribution in [3.63, 3.8) is 0 Å². The molecule has 0 aliphatic rings. The van der Waals surface area contributed by atoms with Crippen molar-refractivity contribution in [3.05, 3.63) is 115 Å². The molecule has 9 nitrogen and oxygen atoms in total. The zero-order valence-corrected chi connectivity index (χ0v) is 22.9. The highest BCUT2D eigenvalue weighted by atomic mass is 16.5. The predicted octanol–water partition coefficient (Wildman–Crippen LogP) is 5.65. The largest absolute Gasteiger partial charge is 0.472 e. The molecule has 0 saturated carbocycles. The molecule has 0 atom stereocenters. The van der Waals surface area contributed by atoms with E-state index in [1.54, 1.807) is 6.20 Å². The molecular formula is C32H32N6O3. The van der Waals surface area contributed by atoms with Crippen molar-refractivity contribution in [2.45, 2.75) is 20.1 Å². The van der Waals surface area contributed by atoms with Gasteiger partial charge in [-0.2, -0.15) is 4.98 Å². The van der Waals surface area contributed by atoms with Crippen molar-refractivity contribution in [1.82, 2.24) is 19.9 Å². The maximum absolute atomic E-state index is 9.31. The monoisotopic (exact) mass is 548 g/mol. The third-order valence-corrected chi connectivity index (χ3v) is 6.36. The standard InChI is InChI=1S/C32H32N6O3/c1-2-38(17-18-39)27-15-13-26(14-16-27)36-30-19-29(34-23-35-30)28-20-33-32(41-22-25-11-7-4-8-12-25)37-31(28)40-21-24-9-5-3-6-10-24/h3-16,19-20,23,39H,2,17-18,21-22H2,1H3,(H,34,35,36). The first-order valence-electron chi connectivity index (χ1n) is 13.5. The van der Waals surface area contributed by atoms with Gasteiger partial charge >= 0.3 is 6.01 Å². The lowest BCUT2D eigenvalue weighted by Crippen LogP contribution is -2.25. The molecule has 0 unspecified atom stereocenters. The first kappa shape index (κ1) is 27.5. The van der Waals surface area contributed by atoms with Crippen LogP contribution in [-0.2, 0) is 13.2 Å². The fourth-order valence-electron chi connectivity index (χ4n) is 4.22. The van der Waals surface area contributed by atoms with Crippen molar-refractivity contribution in [1.29, 1.82) is 0 Å². The molecule has 2 N–H and O–H groups in total. The lowest BCUT2D eigenvalue weighted by molar-refractivity contribution is 0.259. The summed E-state index contributed by atoms with van der Waals surface area (Å²) in [4.78, 5) is 20.0. The molecule has 3 aromatic carbocycles. The summed E-state index contributed by atoms with van der Waals surface area (Å²) in [5.74, 6) is 0.980. The van der Waals surface area contributed by atoms with Crippen molar-refractivity contribution in [2.24, 2.45) is 0 Å². The summed E-state index contributed by atoms with van der Waals surface area (Å²) in [6, 6.07) is 29.8. The predicted molar refractivity (Wildman–Crippen MR) is 159 cm³/mol. The minimum atomic E-state index is 0.110. The second-order valence-corrected chi connectivity index (χ2v) is 9.18. The van der Waals surface area contributed by atoms with Gasteiger partial charge < -0.3 is 24.8 Å². The van der Waals surface area contributed by atoms with Crippen LogP contribution in [0.2, 0.25) is 0 Å². The molecule has 5 aromatic rings. The number of rotatable bonds is 13. The van der Waals surface area contributed by atoms with Gasteiger partial charge in [0.1, 0.15) is 25.4 Å². The van der Waals surface area contributed by atoms with E-state index in [9.17, 15) is 5.11 Å². The average molecular weight is 549 g/mol. The Kier molecular flexibility index (Phi) is 9.31. The molecule has 208 valence electrons. The van der Waals surface area contributed by atoms with E-state index in [-0.39, 0.29) is 12.6 Å². The number of anilines is 3. The minimum absolute atomic E-state index is 0.110. The zero-order chi connectivity index (χ0) is 28.3. The molecule has 9 heteroatoms. The van der Waals surface area contributed by atoms with Gasteiger partial charge in [-0.1, -0.05) is 60.7 Å². The lowest BCUT2D eigenvalue weighted by Gasteiger charge is -2.22. The van der Waals surface area contributed by atoms with Gasteiger partial charge in [0.25, 0.3) is 0 Å². The van der Waals surface area contributed by atoms with Gasteiger partial charge in [-0.05, 0) is 42.3 Å². The van der Waals surface area contributed by atoms with E-state index in [0.717, 1.165) is 29.0 Å². The van der Waals surface area contributed by atoms with Crippen LogP contribution in [0.25, 0.3) is 11.3 Å². The smallest absolute Gasteiger partial charge is 0.320 e. The Bertz CT molecular complexity index is 1520. The summed E-state index contributed by atoms with van der Waals surface area (Å²) >= 11 is 0. The van der Waals surface area contributed by atoms with Crippen molar-refractivity contribution in [2.75, 3.05) is 29.9 Å². The van der Waals surface area contributed by atoms with E-state index in [2.05, 4.69) is 37.1 Å². The maximum Gasteiger partial charge on any atom is 0.320 e. The van der Waals surface area contributed by atoms with E-state index in [1.165, 1.54) is 6.33 Å². The zero-order valence-electron chi connectivity index (χ0n) is 22.9. The van der Waals surface area contributed by atoms with Crippen LogP contribution < -0.4 is 19.7 Å². The molecule has 2 aromatic heterocycles. The minimum Gasteiger partial charge on any atom is -0.472 e. The number of aliphatic hydroxyl groups excluding tert-OH is 1. The molecule has 0 aliphatic carbocycles. The SMILES string of the molecule is CCN(CCO)c1ccc(Nc2cc(-c3cnc(OCc4ccccc4)nc3OCc3ccccc3)ncn2)cc1. The number of aliphatic hydroxyl groups is 1. The molecule has 2 heterocycles. The Morgan fingerprint density at radius 3 is 2.15 bits per heavy atom. The number of likely N-dealkylation sites (N-methyl/N-ethyl adjacent to an activating group) is 1. The van der Waals surface area contributed by atoms with Gasteiger partial charge in [0.2, 0.25) is 5.88 Å². The van der Waals surface area contributed by atoms with Gasteiger partial charge in [-0.25, -0.2) is 15.0 Å². The summed E-state index contributed by atoms with van der Waals surface area (Å²) in [7, 11) is 0. The van der Waals surface area contributed by atoms with Crippen LogP contribution in [0.15, 0.2) is 104 Å². The molecule has 0 aliphatic heterocycles. The summed E-state index contributed by atoms with van der Waals surface area (Å²) in [5.41, 5.74) is 5.18. The van der Waals surface area contributed by atoms with Gasteiger partial charge in [0.15, 0.2) is 0 Å². The Hall–Kier alpha value is -5.02. The number of hydrogen-bond donors (Lipinski definition) is 2. The highest BCUT2D eigenvalue weighted by molar-refractivity contribution is 5.69.